The lowest BCUT2D eigenvalue weighted by Crippen LogP contribution is -1.79. The van der Waals surface area contributed by atoms with E-state index in [1.165, 1.54) is 31.4 Å². The molecule has 0 aliphatic rings. The van der Waals surface area contributed by atoms with E-state index in [0.717, 1.165) is 12.8 Å². The molecule has 1 heteroatoms. The third-order valence-electron chi connectivity index (χ3n) is 1.65. The number of unbranched alkanes of at least 4 members (excludes halogenated alkanes) is 4. The first-order chi connectivity index (χ1) is 5.91. The summed E-state index contributed by atoms with van der Waals surface area (Å²) in [5.41, 5.74) is 0. The van der Waals surface area contributed by atoms with E-state index < -0.39 is 0 Å². The Labute approximate surface area is 81.5 Å². The highest BCUT2D eigenvalue weighted by Gasteiger charge is 1.85. The lowest BCUT2D eigenvalue weighted by molar-refractivity contribution is 0.742. The van der Waals surface area contributed by atoms with E-state index in [2.05, 4.69) is 25.0 Å². The van der Waals surface area contributed by atoms with Crippen LogP contribution in [0.2, 0.25) is 0 Å². The summed E-state index contributed by atoms with van der Waals surface area (Å²) in [4.78, 5) is 0. The van der Waals surface area contributed by atoms with Gasteiger partial charge < -0.3 is 0 Å². The van der Waals surface area contributed by atoms with Crippen molar-refractivity contribution in [1.82, 2.24) is 0 Å². The highest BCUT2D eigenvalue weighted by Crippen LogP contribution is 2.03. The smallest absolute Gasteiger partial charge is 0.00886 e. The van der Waals surface area contributed by atoms with Crippen molar-refractivity contribution in [2.45, 2.75) is 45.4 Å². The van der Waals surface area contributed by atoms with Gasteiger partial charge in [0.1, 0.15) is 0 Å². The van der Waals surface area contributed by atoms with Crippen molar-refractivity contribution in [1.29, 1.82) is 0 Å². The third kappa shape index (κ3) is 9.91. The normalized spacial score (nSPS) is 9.17. The Kier molecular flexibility index (Phi) is 10.8. The monoisotopic (exact) mass is 184 g/mol. The Morgan fingerprint density at radius 2 is 1.75 bits per heavy atom. The highest BCUT2D eigenvalue weighted by atomic mass is 32.2. The molecule has 0 unspecified atom stereocenters. The van der Waals surface area contributed by atoms with Crippen LogP contribution in [-0.2, 0) is 0 Å². The van der Waals surface area contributed by atoms with Crippen LogP contribution in [0.4, 0.5) is 0 Å². The van der Waals surface area contributed by atoms with Gasteiger partial charge in [-0.1, -0.05) is 13.3 Å². The molecule has 0 amide bonds. The van der Waals surface area contributed by atoms with Gasteiger partial charge in [-0.25, -0.2) is 0 Å². The molecule has 0 aromatic heterocycles. The van der Waals surface area contributed by atoms with Gasteiger partial charge in [-0.15, -0.1) is 11.8 Å². The van der Waals surface area contributed by atoms with Gasteiger partial charge in [-0.2, -0.15) is 11.8 Å². The molecule has 0 spiro atoms. The van der Waals surface area contributed by atoms with Crippen molar-refractivity contribution in [2.75, 3.05) is 12.0 Å². The van der Waals surface area contributed by atoms with E-state index in [1.807, 2.05) is 11.8 Å². The molecule has 0 aromatic carbocycles. The molecule has 0 saturated heterocycles. The molecule has 70 valence electrons. The zero-order valence-corrected chi connectivity index (χ0v) is 9.17. The fourth-order valence-electron chi connectivity index (χ4n) is 0.938. The second kappa shape index (κ2) is 10.9. The lowest BCUT2D eigenvalue weighted by atomic mass is 10.2. The van der Waals surface area contributed by atoms with Gasteiger partial charge in [0.25, 0.3) is 0 Å². The van der Waals surface area contributed by atoms with E-state index in [4.69, 9.17) is 0 Å². The number of thioether (sulfide) groups is 1. The minimum Gasteiger partial charge on any atom is -0.165 e. The maximum atomic E-state index is 3.21. The van der Waals surface area contributed by atoms with E-state index >= 15 is 0 Å². The molecule has 0 aromatic rings. The second-order valence-electron chi connectivity index (χ2n) is 2.91. The Morgan fingerprint density at radius 3 is 2.42 bits per heavy atom. The van der Waals surface area contributed by atoms with Crippen LogP contribution in [0.3, 0.4) is 0 Å². The summed E-state index contributed by atoms with van der Waals surface area (Å²) in [6.45, 7) is 2.17. The van der Waals surface area contributed by atoms with Crippen molar-refractivity contribution in [3.8, 4) is 11.8 Å². The average molecular weight is 184 g/mol. The summed E-state index contributed by atoms with van der Waals surface area (Å²) in [6.07, 6.45) is 9.54. The largest absolute Gasteiger partial charge is 0.165 e. The summed E-state index contributed by atoms with van der Waals surface area (Å²) < 4.78 is 0. The molecule has 0 saturated carbocycles. The number of rotatable bonds is 6. The molecule has 0 aliphatic heterocycles. The fraction of sp³-hybridized carbons (Fsp3) is 0.818. The number of hydrogen-bond acceptors (Lipinski definition) is 1. The Balaban J connectivity index is 2.96. The topological polar surface area (TPSA) is 0 Å². The van der Waals surface area contributed by atoms with E-state index in [9.17, 15) is 0 Å². The molecule has 0 heterocycles. The molecule has 0 rings (SSSR count). The predicted octanol–water partition coefficient (Wildman–Crippen LogP) is 3.71. The van der Waals surface area contributed by atoms with Crippen molar-refractivity contribution in [3.05, 3.63) is 0 Å². The molecule has 0 N–H and O–H groups in total. The van der Waals surface area contributed by atoms with Gasteiger partial charge in [-0.3, -0.25) is 0 Å². The van der Waals surface area contributed by atoms with Crippen LogP contribution in [0.5, 0.6) is 0 Å². The standard InChI is InChI=1S/C11H20S/c1-3-4-5-6-7-8-9-10-11-12-2/h3-4,7-11H2,1-2H3. The van der Waals surface area contributed by atoms with Crippen LogP contribution in [-0.4, -0.2) is 12.0 Å². The third-order valence-corrected chi connectivity index (χ3v) is 2.35. The van der Waals surface area contributed by atoms with Crippen LogP contribution in [0.1, 0.15) is 45.4 Å². The predicted molar refractivity (Wildman–Crippen MR) is 59.5 cm³/mol. The fourth-order valence-corrected chi connectivity index (χ4v) is 1.43. The van der Waals surface area contributed by atoms with E-state index in [0.29, 0.717) is 0 Å². The van der Waals surface area contributed by atoms with Crippen LogP contribution in [0.25, 0.3) is 0 Å². The van der Waals surface area contributed by atoms with Crippen LogP contribution >= 0.6 is 11.8 Å². The minimum absolute atomic E-state index is 1.07. The summed E-state index contributed by atoms with van der Waals surface area (Å²) in [6, 6.07) is 0. The lowest BCUT2D eigenvalue weighted by Gasteiger charge is -1.94. The summed E-state index contributed by atoms with van der Waals surface area (Å²) in [5.74, 6) is 7.69. The molecule has 12 heavy (non-hydrogen) atoms. The molecule has 0 aliphatic carbocycles. The van der Waals surface area contributed by atoms with Gasteiger partial charge in [0.2, 0.25) is 0 Å². The van der Waals surface area contributed by atoms with Gasteiger partial charge in [0.05, 0.1) is 0 Å². The molecule has 0 radical (unpaired) electrons. The van der Waals surface area contributed by atoms with Crippen LogP contribution in [0.15, 0.2) is 0 Å². The zero-order chi connectivity index (χ0) is 9.07. The highest BCUT2D eigenvalue weighted by molar-refractivity contribution is 7.98. The first-order valence-electron chi connectivity index (χ1n) is 4.86. The Hall–Kier alpha value is -0.0900. The maximum absolute atomic E-state index is 3.21. The first-order valence-corrected chi connectivity index (χ1v) is 6.25. The van der Waals surface area contributed by atoms with Crippen molar-refractivity contribution >= 4 is 11.8 Å². The van der Waals surface area contributed by atoms with Gasteiger partial charge in [0, 0.05) is 12.8 Å². The zero-order valence-electron chi connectivity index (χ0n) is 8.36. The van der Waals surface area contributed by atoms with Crippen LogP contribution < -0.4 is 0 Å². The quantitative estimate of drug-likeness (QED) is 0.448. The van der Waals surface area contributed by atoms with Gasteiger partial charge in [-0.05, 0) is 31.3 Å². The first kappa shape index (κ1) is 11.9. The molecule has 0 nitrogen and oxygen atoms in total. The van der Waals surface area contributed by atoms with Crippen LogP contribution in [0, 0.1) is 11.8 Å². The average Bonchev–Trinajstić information content (AvgIpc) is 2.10. The van der Waals surface area contributed by atoms with Crippen molar-refractivity contribution < 1.29 is 0 Å². The Bertz CT molecular complexity index is 130. The molecule has 0 atom stereocenters. The number of hydrogen-bond donors (Lipinski definition) is 0. The summed E-state index contributed by atoms with van der Waals surface area (Å²) in [7, 11) is 0. The molecular formula is C11H20S. The minimum atomic E-state index is 1.07. The summed E-state index contributed by atoms with van der Waals surface area (Å²) >= 11 is 1.94. The molecule has 0 bridgehead atoms. The SMILES string of the molecule is CCCC#CCCCCCSC. The summed E-state index contributed by atoms with van der Waals surface area (Å²) in [5, 5.41) is 0. The van der Waals surface area contributed by atoms with E-state index in [-0.39, 0.29) is 0 Å². The molecule has 0 fully saturated rings. The van der Waals surface area contributed by atoms with Gasteiger partial charge >= 0.3 is 0 Å². The Morgan fingerprint density at radius 1 is 1.00 bits per heavy atom. The van der Waals surface area contributed by atoms with E-state index in [1.54, 1.807) is 0 Å². The molecular weight excluding hydrogens is 164 g/mol. The van der Waals surface area contributed by atoms with Crippen molar-refractivity contribution in [2.24, 2.45) is 0 Å². The second-order valence-corrected chi connectivity index (χ2v) is 3.89. The van der Waals surface area contributed by atoms with Gasteiger partial charge in [0.15, 0.2) is 0 Å². The van der Waals surface area contributed by atoms with Crippen molar-refractivity contribution in [3.63, 3.8) is 0 Å². The maximum Gasteiger partial charge on any atom is 0.00886 e.